The van der Waals surface area contributed by atoms with Crippen LogP contribution in [-0.2, 0) is 10.9 Å². The van der Waals surface area contributed by atoms with E-state index in [1.807, 2.05) is 0 Å². The van der Waals surface area contributed by atoms with Gasteiger partial charge in [0.25, 0.3) is 0 Å². The van der Waals surface area contributed by atoms with Gasteiger partial charge in [-0.1, -0.05) is 15.9 Å². The number of nitrogens with one attached hydrogen (secondary N) is 1. The van der Waals surface area contributed by atoms with Gasteiger partial charge in [-0.25, -0.2) is 0 Å². The predicted octanol–water partition coefficient (Wildman–Crippen LogP) is 2.89. The van der Waals surface area contributed by atoms with E-state index in [1.54, 1.807) is 6.07 Å². The van der Waals surface area contributed by atoms with Crippen molar-refractivity contribution >= 4 is 21.6 Å². The van der Waals surface area contributed by atoms with Crippen LogP contribution in [0.25, 0.3) is 0 Å². The third-order valence-electron chi connectivity index (χ3n) is 2.04. The topological polar surface area (TPSA) is 41.5 Å². The van der Waals surface area contributed by atoms with Crippen LogP contribution < -0.4 is 5.32 Å². The molecule has 0 aliphatic heterocycles. The van der Waals surface area contributed by atoms with Gasteiger partial charge in [-0.05, 0) is 18.2 Å². The molecule has 0 amide bonds. The van der Waals surface area contributed by atoms with Gasteiger partial charge in [0.05, 0.1) is 25.4 Å². The lowest BCUT2D eigenvalue weighted by Crippen LogP contribution is -2.12. The van der Waals surface area contributed by atoms with Crippen molar-refractivity contribution in [2.24, 2.45) is 0 Å². The molecule has 102 valence electrons. The lowest BCUT2D eigenvalue weighted by Gasteiger charge is -2.11. The van der Waals surface area contributed by atoms with Gasteiger partial charge in [0.15, 0.2) is 0 Å². The van der Waals surface area contributed by atoms with E-state index in [1.165, 1.54) is 0 Å². The zero-order chi connectivity index (χ0) is 13.6. The highest BCUT2D eigenvalue weighted by atomic mass is 79.9. The second kappa shape index (κ2) is 6.96. The maximum atomic E-state index is 12.5. The van der Waals surface area contributed by atoms with Crippen molar-refractivity contribution < 1.29 is 23.0 Å². The van der Waals surface area contributed by atoms with Crippen molar-refractivity contribution in [3.63, 3.8) is 0 Å². The number of aliphatic hydroxyl groups excluding tert-OH is 1. The maximum Gasteiger partial charge on any atom is 0.416 e. The third kappa shape index (κ3) is 5.24. The molecule has 0 unspecified atom stereocenters. The van der Waals surface area contributed by atoms with Crippen molar-refractivity contribution in [1.82, 2.24) is 0 Å². The second-order valence-electron chi connectivity index (χ2n) is 3.49. The standard InChI is InChI=1S/C11H13BrF3NO2/c12-9-5-8(11(13,14)15)6-10(7-9)16-1-3-18-4-2-17/h5-7,16-17H,1-4H2. The Morgan fingerprint density at radius 2 is 1.94 bits per heavy atom. The van der Waals surface area contributed by atoms with E-state index in [9.17, 15) is 13.2 Å². The SMILES string of the molecule is OCCOCCNc1cc(Br)cc(C(F)(F)F)c1. The van der Waals surface area contributed by atoms with Crippen molar-refractivity contribution in [2.45, 2.75) is 6.18 Å². The van der Waals surface area contributed by atoms with Gasteiger partial charge in [0.1, 0.15) is 0 Å². The molecule has 1 aromatic carbocycles. The van der Waals surface area contributed by atoms with Crippen molar-refractivity contribution in [3.8, 4) is 0 Å². The first-order chi connectivity index (χ1) is 8.43. The van der Waals surface area contributed by atoms with E-state index in [-0.39, 0.29) is 13.2 Å². The molecule has 0 bridgehead atoms. The highest BCUT2D eigenvalue weighted by Gasteiger charge is 2.31. The van der Waals surface area contributed by atoms with Gasteiger partial charge in [0, 0.05) is 16.7 Å². The number of alkyl halides is 3. The minimum atomic E-state index is -4.37. The first-order valence-electron chi connectivity index (χ1n) is 5.24. The van der Waals surface area contributed by atoms with Gasteiger partial charge in [-0.15, -0.1) is 0 Å². The Labute approximate surface area is 111 Å². The van der Waals surface area contributed by atoms with Gasteiger partial charge in [-0.2, -0.15) is 13.2 Å². The molecule has 7 heteroatoms. The van der Waals surface area contributed by atoms with Crippen LogP contribution >= 0.6 is 15.9 Å². The number of hydrogen-bond donors (Lipinski definition) is 2. The zero-order valence-electron chi connectivity index (χ0n) is 9.43. The number of hydrogen-bond acceptors (Lipinski definition) is 3. The summed E-state index contributed by atoms with van der Waals surface area (Å²) in [5.74, 6) is 0. The van der Waals surface area contributed by atoms with Crippen LogP contribution in [0.15, 0.2) is 22.7 Å². The number of anilines is 1. The summed E-state index contributed by atoms with van der Waals surface area (Å²) in [6.45, 7) is 0.825. The second-order valence-corrected chi connectivity index (χ2v) is 4.40. The Bertz CT molecular complexity index is 385. The summed E-state index contributed by atoms with van der Waals surface area (Å²) in [5.41, 5.74) is -0.347. The highest BCUT2D eigenvalue weighted by molar-refractivity contribution is 9.10. The number of halogens is 4. The van der Waals surface area contributed by atoms with Crippen LogP contribution in [0.4, 0.5) is 18.9 Å². The van der Waals surface area contributed by atoms with Gasteiger partial charge >= 0.3 is 6.18 Å². The van der Waals surface area contributed by atoms with Crippen LogP contribution in [0, 0.1) is 0 Å². The molecule has 0 aliphatic carbocycles. The molecule has 0 spiro atoms. The van der Waals surface area contributed by atoms with E-state index >= 15 is 0 Å². The first-order valence-corrected chi connectivity index (χ1v) is 6.03. The van der Waals surface area contributed by atoms with Crippen LogP contribution in [0.2, 0.25) is 0 Å². The fourth-order valence-corrected chi connectivity index (χ4v) is 1.78. The molecule has 0 saturated heterocycles. The summed E-state index contributed by atoms with van der Waals surface area (Å²) >= 11 is 3.04. The summed E-state index contributed by atoms with van der Waals surface area (Å²) in [6.07, 6.45) is -4.37. The molecular weight excluding hydrogens is 315 g/mol. The van der Waals surface area contributed by atoms with E-state index in [0.717, 1.165) is 12.1 Å². The van der Waals surface area contributed by atoms with E-state index in [4.69, 9.17) is 9.84 Å². The Balaban J connectivity index is 2.58. The molecule has 0 atom stereocenters. The molecule has 18 heavy (non-hydrogen) atoms. The lowest BCUT2D eigenvalue weighted by molar-refractivity contribution is -0.137. The van der Waals surface area contributed by atoms with Gasteiger partial charge in [-0.3, -0.25) is 0 Å². The predicted molar refractivity (Wildman–Crippen MR) is 65.5 cm³/mol. The van der Waals surface area contributed by atoms with Crippen molar-refractivity contribution in [2.75, 3.05) is 31.7 Å². The Kier molecular flexibility index (Phi) is 5.90. The fraction of sp³-hybridized carbons (Fsp3) is 0.455. The number of rotatable bonds is 6. The summed E-state index contributed by atoms with van der Waals surface area (Å²) in [6, 6.07) is 3.62. The first kappa shape index (κ1) is 15.3. The minimum absolute atomic E-state index is 0.0743. The van der Waals surface area contributed by atoms with Crippen LogP contribution in [-0.4, -0.2) is 31.5 Å². The molecular formula is C11H13BrF3NO2. The molecule has 0 fully saturated rings. The van der Waals surface area contributed by atoms with Crippen LogP contribution in [0.1, 0.15) is 5.56 Å². The number of aliphatic hydroxyl groups is 1. The molecule has 1 aromatic rings. The van der Waals surface area contributed by atoms with Crippen LogP contribution in [0.5, 0.6) is 0 Å². The maximum absolute atomic E-state index is 12.5. The summed E-state index contributed by atoms with van der Waals surface area (Å²) in [4.78, 5) is 0. The quantitative estimate of drug-likeness (QED) is 0.789. The largest absolute Gasteiger partial charge is 0.416 e. The van der Waals surface area contributed by atoms with E-state index in [2.05, 4.69) is 21.2 Å². The van der Waals surface area contributed by atoms with Crippen molar-refractivity contribution in [3.05, 3.63) is 28.2 Å². The Morgan fingerprint density at radius 3 is 2.56 bits per heavy atom. The summed E-state index contributed by atoms with van der Waals surface area (Å²) in [5, 5.41) is 11.3. The number of ether oxygens (including phenoxy) is 1. The molecule has 0 aromatic heterocycles. The zero-order valence-corrected chi connectivity index (χ0v) is 11.0. The van der Waals surface area contributed by atoms with Gasteiger partial charge in [0.2, 0.25) is 0 Å². The molecule has 1 rings (SSSR count). The molecule has 0 radical (unpaired) electrons. The molecule has 0 aliphatic rings. The molecule has 2 N–H and O–H groups in total. The molecule has 3 nitrogen and oxygen atoms in total. The van der Waals surface area contributed by atoms with Crippen LogP contribution in [0.3, 0.4) is 0 Å². The van der Waals surface area contributed by atoms with Gasteiger partial charge < -0.3 is 15.2 Å². The number of benzene rings is 1. The average Bonchev–Trinajstić information content (AvgIpc) is 2.27. The minimum Gasteiger partial charge on any atom is -0.394 e. The molecule has 0 heterocycles. The summed E-state index contributed by atoms with van der Waals surface area (Å²) in [7, 11) is 0. The summed E-state index contributed by atoms with van der Waals surface area (Å²) < 4.78 is 42.9. The van der Waals surface area contributed by atoms with Crippen molar-refractivity contribution in [1.29, 1.82) is 0 Å². The average molecular weight is 328 g/mol. The molecule has 0 saturated carbocycles. The Morgan fingerprint density at radius 1 is 1.22 bits per heavy atom. The third-order valence-corrected chi connectivity index (χ3v) is 2.49. The highest BCUT2D eigenvalue weighted by Crippen LogP contribution is 2.33. The Hall–Kier alpha value is -0.790. The normalized spacial score (nSPS) is 11.6. The lowest BCUT2D eigenvalue weighted by atomic mass is 10.2. The fourth-order valence-electron chi connectivity index (χ4n) is 1.29. The van der Waals surface area contributed by atoms with E-state index in [0.29, 0.717) is 23.3 Å². The van der Waals surface area contributed by atoms with E-state index < -0.39 is 11.7 Å². The monoisotopic (exact) mass is 327 g/mol. The smallest absolute Gasteiger partial charge is 0.394 e.